The van der Waals surface area contributed by atoms with E-state index in [2.05, 4.69) is 0 Å². The van der Waals surface area contributed by atoms with E-state index in [0.29, 0.717) is 10.7 Å². The Labute approximate surface area is 166 Å². The molecular formula is C22H22ClNO2S. The first-order chi connectivity index (χ1) is 12.8. The van der Waals surface area contributed by atoms with Crippen molar-refractivity contribution in [1.29, 1.82) is 0 Å². The van der Waals surface area contributed by atoms with Crippen LogP contribution in [0.5, 0.6) is 0 Å². The van der Waals surface area contributed by atoms with Crippen LogP contribution in [0.4, 0.5) is 5.69 Å². The fourth-order valence-electron chi connectivity index (χ4n) is 2.98. The Hall–Kier alpha value is -2.30. The third-order valence-electron chi connectivity index (χ3n) is 4.47. The molecule has 0 amide bonds. The van der Waals surface area contributed by atoms with Gasteiger partial charge in [0.2, 0.25) is 0 Å². The van der Waals surface area contributed by atoms with Crippen LogP contribution in [0.15, 0.2) is 71.6 Å². The number of rotatable bonds is 5. The van der Waals surface area contributed by atoms with Crippen molar-refractivity contribution in [3.05, 3.63) is 94.0 Å². The number of aryl methyl sites for hydroxylation is 3. The number of hydrogen-bond donors (Lipinski definition) is 0. The fraction of sp³-hybridized carbons (Fsp3) is 0.182. The van der Waals surface area contributed by atoms with Gasteiger partial charge in [-0.3, -0.25) is 4.31 Å². The van der Waals surface area contributed by atoms with Gasteiger partial charge in [0.05, 0.1) is 17.1 Å². The van der Waals surface area contributed by atoms with Gasteiger partial charge in [0.1, 0.15) is 0 Å². The third-order valence-corrected chi connectivity index (χ3v) is 6.50. The second-order valence-electron chi connectivity index (χ2n) is 6.74. The summed E-state index contributed by atoms with van der Waals surface area (Å²) < 4.78 is 28.4. The van der Waals surface area contributed by atoms with E-state index in [0.717, 1.165) is 22.3 Å². The minimum absolute atomic E-state index is 0.233. The van der Waals surface area contributed by atoms with Crippen LogP contribution in [0.2, 0.25) is 5.02 Å². The van der Waals surface area contributed by atoms with Crippen LogP contribution in [-0.4, -0.2) is 8.42 Å². The molecule has 5 heteroatoms. The molecule has 0 spiro atoms. The van der Waals surface area contributed by atoms with Gasteiger partial charge in [-0.15, -0.1) is 0 Å². The van der Waals surface area contributed by atoms with Crippen LogP contribution in [0.25, 0.3) is 0 Å². The molecule has 0 saturated heterocycles. The molecular weight excluding hydrogens is 378 g/mol. The lowest BCUT2D eigenvalue weighted by atomic mass is 10.1. The molecule has 140 valence electrons. The van der Waals surface area contributed by atoms with E-state index in [4.69, 9.17) is 11.6 Å². The Morgan fingerprint density at radius 2 is 1.41 bits per heavy atom. The fourth-order valence-corrected chi connectivity index (χ4v) is 4.62. The zero-order valence-electron chi connectivity index (χ0n) is 15.6. The van der Waals surface area contributed by atoms with Crippen LogP contribution >= 0.6 is 11.6 Å². The zero-order valence-corrected chi connectivity index (χ0v) is 17.2. The smallest absolute Gasteiger partial charge is 0.262 e. The van der Waals surface area contributed by atoms with Gasteiger partial charge in [-0.05, 0) is 62.2 Å². The molecule has 0 aromatic heterocycles. The first-order valence-corrected chi connectivity index (χ1v) is 10.5. The minimum atomic E-state index is -3.71. The summed E-state index contributed by atoms with van der Waals surface area (Å²) in [7, 11) is -3.71. The van der Waals surface area contributed by atoms with Gasteiger partial charge in [0.15, 0.2) is 0 Å². The van der Waals surface area contributed by atoms with Gasteiger partial charge in [0, 0.05) is 5.02 Å². The van der Waals surface area contributed by atoms with Gasteiger partial charge < -0.3 is 0 Å². The van der Waals surface area contributed by atoms with Gasteiger partial charge in [-0.25, -0.2) is 8.42 Å². The summed E-state index contributed by atoms with van der Waals surface area (Å²) in [4.78, 5) is 0.280. The van der Waals surface area contributed by atoms with Crippen molar-refractivity contribution in [2.75, 3.05) is 4.31 Å². The van der Waals surface area contributed by atoms with Crippen molar-refractivity contribution in [2.24, 2.45) is 0 Å². The molecule has 27 heavy (non-hydrogen) atoms. The Morgan fingerprint density at radius 3 is 2.00 bits per heavy atom. The molecule has 0 aliphatic heterocycles. The normalized spacial score (nSPS) is 11.4. The summed E-state index contributed by atoms with van der Waals surface area (Å²) in [5, 5.41) is 0.623. The highest BCUT2D eigenvalue weighted by Crippen LogP contribution is 2.30. The number of hydrogen-bond acceptors (Lipinski definition) is 2. The highest BCUT2D eigenvalue weighted by Gasteiger charge is 2.26. The Bertz CT molecular complexity index is 1040. The van der Waals surface area contributed by atoms with Crippen molar-refractivity contribution in [1.82, 2.24) is 0 Å². The van der Waals surface area contributed by atoms with Gasteiger partial charge in [0.25, 0.3) is 10.0 Å². The van der Waals surface area contributed by atoms with Crippen molar-refractivity contribution in [3.63, 3.8) is 0 Å². The van der Waals surface area contributed by atoms with Gasteiger partial charge in [-0.2, -0.15) is 0 Å². The van der Waals surface area contributed by atoms with E-state index in [9.17, 15) is 8.42 Å². The molecule has 0 atom stereocenters. The number of sulfonamides is 1. The number of anilines is 1. The average molecular weight is 400 g/mol. The molecule has 3 nitrogen and oxygen atoms in total. The molecule has 3 rings (SSSR count). The minimum Gasteiger partial charge on any atom is -0.262 e. The molecule has 3 aromatic rings. The predicted octanol–water partition coefficient (Wildman–Crippen LogP) is 5.66. The second kappa shape index (κ2) is 7.75. The van der Waals surface area contributed by atoms with Crippen molar-refractivity contribution < 1.29 is 8.42 Å². The zero-order chi connectivity index (χ0) is 19.6. The largest absolute Gasteiger partial charge is 0.264 e. The maximum atomic E-state index is 13.5. The summed E-state index contributed by atoms with van der Waals surface area (Å²) in [6.45, 7) is 6.10. The molecule has 0 heterocycles. The summed E-state index contributed by atoms with van der Waals surface area (Å²) in [5.41, 5.74) is 4.57. The third kappa shape index (κ3) is 4.34. The van der Waals surface area contributed by atoms with Crippen molar-refractivity contribution in [2.45, 2.75) is 32.2 Å². The lowest BCUT2D eigenvalue weighted by molar-refractivity contribution is 0.590. The summed E-state index contributed by atoms with van der Waals surface area (Å²) >= 11 is 5.98. The Morgan fingerprint density at radius 1 is 0.815 bits per heavy atom. The van der Waals surface area contributed by atoms with E-state index in [1.807, 2.05) is 63.2 Å². The van der Waals surface area contributed by atoms with E-state index >= 15 is 0 Å². The quantitative estimate of drug-likeness (QED) is 0.555. The Kier molecular flexibility index (Phi) is 5.59. The molecule has 0 aliphatic rings. The standard InChI is InChI=1S/C22H22ClNO2S/c1-16-4-11-21(12-5-16)27(25,26)24(15-19-7-9-20(23)10-8-19)22-13-6-17(2)14-18(22)3/h4-14H,15H2,1-3H3. The van der Waals surface area contributed by atoms with E-state index in [1.54, 1.807) is 24.3 Å². The first-order valence-electron chi connectivity index (χ1n) is 8.68. The van der Waals surface area contributed by atoms with E-state index in [1.165, 1.54) is 4.31 Å². The number of nitrogens with zero attached hydrogens (tertiary/aromatic N) is 1. The second-order valence-corrected chi connectivity index (χ2v) is 9.04. The van der Waals surface area contributed by atoms with Gasteiger partial charge in [-0.1, -0.05) is 59.1 Å². The average Bonchev–Trinajstić information content (AvgIpc) is 2.62. The molecule has 0 unspecified atom stereocenters. The Balaban J connectivity index is 2.11. The molecule has 0 saturated carbocycles. The molecule has 0 bridgehead atoms. The molecule has 0 fully saturated rings. The lowest BCUT2D eigenvalue weighted by Gasteiger charge is -2.26. The van der Waals surface area contributed by atoms with E-state index < -0.39 is 10.0 Å². The summed E-state index contributed by atoms with van der Waals surface area (Å²) in [6.07, 6.45) is 0. The molecule has 0 aliphatic carbocycles. The van der Waals surface area contributed by atoms with Crippen molar-refractivity contribution >= 4 is 27.3 Å². The number of benzene rings is 3. The van der Waals surface area contributed by atoms with E-state index in [-0.39, 0.29) is 11.4 Å². The highest BCUT2D eigenvalue weighted by molar-refractivity contribution is 7.92. The number of halogens is 1. The molecule has 0 radical (unpaired) electrons. The maximum Gasteiger partial charge on any atom is 0.264 e. The SMILES string of the molecule is Cc1ccc(S(=O)(=O)N(Cc2ccc(Cl)cc2)c2ccc(C)cc2C)cc1. The maximum absolute atomic E-state index is 13.5. The topological polar surface area (TPSA) is 37.4 Å². The van der Waals surface area contributed by atoms with Crippen LogP contribution < -0.4 is 4.31 Å². The van der Waals surface area contributed by atoms with Crippen LogP contribution in [-0.2, 0) is 16.6 Å². The highest BCUT2D eigenvalue weighted by atomic mass is 35.5. The first kappa shape index (κ1) is 19.5. The predicted molar refractivity (Wildman–Crippen MR) is 112 cm³/mol. The molecule has 3 aromatic carbocycles. The van der Waals surface area contributed by atoms with Crippen molar-refractivity contribution in [3.8, 4) is 0 Å². The van der Waals surface area contributed by atoms with Crippen LogP contribution in [0.3, 0.4) is 0 Å². The lowest BCUT2D eigenvalue weighted by Crippen LogP contribution is -2.31. The summed E-state index contributed by atoms with van der Waals surface area (Å²) in [5.74, 6) is 0. The van der Waals surface area contributed by atoms with Crippen LogP contribution in [0, 0.1) is 20.8 Å². The van der Waals surface area contributed by atoms with Crippen LogP contribution in [0.1, 0.15) is 22.3 Å². The molecule has 0 N–H and O–H groups in total. The monoisotopic (exact) mass is 399 g/mol. The van der Waals surface area contributed by atoms with Gasteiger partial charge >= 0.3 is 0 Å². The summed E-state index contributed by atoms with van der Waals surface area (Å²) in [6, 6.07) is 20.0.